The van der Waals surface area contributed by atoms with Gasteiger partial charge in [0.05, 0.1) is 17.9 Å². The molecule has 44 heavy (non-hydrogen) atoms. The van der Waals surface area contributed by atoms with E-state index in [1.165, 1.54) is 17.1 Å². The molecule has 1 N–H and O–H groups in total. The summed E-state index contributed by atoms with van der Waals surface area (Å²) < 4.78 is 11.7. The number of aliphatic hydroxyl groups is 1. The molecule has 3 aliphatic rings. The largest absolute Gasteiger partial charge is 0.488 e. The maximum Gasteiger partial charge on any atom is 0.355 e. The SMILES string of the molecule is C=CCOOC(=O)C(C)C1C(=O)N2C(C(=O)OCC=C)=C(COc3cccc4c3-c3ccc(CCCO)cc3C4=O)[C@H](C)C12. The Bertz CT molecular complexity index is 1560. The molecular weight excluding hydrogens is 566 g/mol. The predicted octanol–water partition coefficient (Wildman–Crippen LogP) is 3.96. The minimum absolute atomic E-state index is 0.00943. The maximum absolute atomic E-state index is 13.4. The van der Waals surface area contributed by atoms with E-state index in [9.17, 15) is 24.3 Å². The van der Waals surface area contributed by atoms with Crippen molar-refractivity contribution in [1.82, 2.24) is 4.90 Å². The first kappa shape index (κ1) is 30.9. The van der Waals surface area contributed by atoms with Crippen LogP contribution in [0.1, 0.15) is 41.8 Å². The average molecular weight is 602 g/mol. The van der Waals surface area contributed by atoms with Gasteiger partial charge < -0.3 is 19.5 Å². The Morgan fingerprint density at radius 2 is 1.84 bits per heavy atom. The zero-order chi connectivity index (χ0) is 31.5. The van der Waals surface area contributed by atoms with Crippen LogP contribution in [0.5, 0.6) is 5.75 Å². The Morgan fingerprint density at radius 3 is 2.57 bits per heavy atom. The van der Waals surface area contributed by atoms with E-state index in [1.54, 1.807) is 25.1 Å². The molecule has 3 unspecified atom stereocenters. The second-order valence-corrected chi connectivity index (χ2v) is 11.0. The van der Waals surface area contributed by atoms with E-state index in [-0.39, 0.29) is 43.8 Å². The highest BCUT2D eigenvalue weighted by atomic mass is 17.2. The van der Waals surface area contributed by atoms with E-state index in [2.05, 4.69) is 13.2 Å². The summed E-state index contributed by atoms with van der Waals surface area (Å²) in [5, 5.41) is 9.20. The molecule has 10 nitrogen and oxygen atoms in total. The summed E-state index contributed by atoms with van der Waals surface area (Å²) in [5.41, 5.74) is 4.10. The van der Waals surface area contributed by atoms with Crippen molar-refractivity contribution in [1.29, 1.82) is 0 Å². The van der Waals surface area contributed by atoms with Crippen LogP contribution < -0.4 is 4.74 Å². The number of aliphatic hydroxyl groups excluding tert-OH is 1. The van der Waals surface area contributed by atoms with Crippen molar-refractivity contribution in [2.75, 3.05) is 26.4 Å². The molecule has 1 amide bonds. The molecule has 2 heterocycles. The molecule has 0 saturated carbocycles. The van der Waals surface area contributed by atoms with E-state index >= 15 is 0 Å². The first-order valence-corrected chi connectivity index (χ1v) is 14.6. The molecule has 0 radical (unpaired) electrons. The summed E-state index contributed by atoms with van der Waals surface area (Å²) in [4.78, 5) is 63.6. The standard InChI is InChI=1S/C34H35NO9/c1-5-15-41-34(40)30-25(19(3)29-27(32(38)35(29)30)20(4)33(39)44-43-16-6-2)18-42-26-11-7-10-23-28(26)22-13-12-21(9-8-14-36)17-24(22)31(23)37/h5-7,10-13,17,19-20,27,29,36H,1-2,8-9,14-16,18H2,3-4H3/t19-,20?,27?,29?/m0/s1. The van der Waals surface area contributed by atoms with Crippen molar-refractivity contribution in [3.63, 3.8) is 0 Å². The predicted molar refractivity (Wildman–Crippen MR) is 159 cm³/mol. The molecule has 1 fully saturated rings. The number of hydrogen-bond donors (Lipinski definition) is 1. The minimum Gasteiger partial charge on any atom is -0.488 e. The molecule has 2 aromatic rings. The van der Waals surface area contributed by atoms with Crippen molar-refractivity contribution in [2.24, 2.45) is 17.8 Å². The van der Waals surface area contributed by atoms with E-state index in [0.29, 0.717) is 40.9 Å². The normalized spacial score (nSPS) is 20.3. The Morgan fingerprint density at radius 1 is 1.07 bits per heavy atom. The van der Waals surface area contributed by atoms with E-state index < -0.39 is 35.7 Å². The Kier molecular flexibility index (Phi) is 9.12. The van der Waals surface area contributed by atoms with E-state index in [4.69, 9.17) is 19.2 Å². The molecular formula is C34H35NO9. The minimum atomic E-state index is -0.830. The number of benzene rings is 2. The second kappa shape index (κ2) is 13.0. The third-order valence-electron chi connectivity index (χ3n) is 8.43. The average Bonchev–Trinajstić information content (AvgIpc) is 3.45. The van der Waals surface area contributed by atoms with Gasteiger partial charge in [-0.15, -0.1) is 6.58 Å². The quantitative estimate of drug-likeness (QED) is 0.0729. The number of β-lactam (4-membered cyclic amide) rings is 1. The molecule has 0 spiro atoms. The van der Waals surface area contributed by atoms with Crippen molar-refractivity contribution in [3.05, 3.63) is 89.7 Å². The topological polar surface area (TPSA) is 129 Å². The molecule has 0 bridgehead atoms. The van der Waals surface area contributed by atoms with Crippen LogP contribution in [0.15, 0.2) is 73.0 Å². The molecule has 0 aromatic heterocycles. The highest BCUT2D eigenvalue weighted by molar-refractivity contribution is 6.22. The molecule has 4 atom stereocenters. The molecule has 230 valence electrons. The van der Waals surface area contributed by atoms with Crippen LogP contribution in [0.4, 0.5) is 0 Å². The number of amides is 1. The summed E-state index contributed by atoms with van der Waals surface area (Å²) >= 11 is 0. The van der Waals surface area contributed by atoms with Gasteiger partial charge in [0.1, 0.15) is 31.3 Å². The Labute approximate surface area is 255 Å². The number of carbonyl (C=O) groups excluding carboxylic acids is 4. The third-order valence-corrected chi connectivity index (χ3v) is 8.43. The fourth-order valence-corrected chi connectivity index (χ4v) is 6.26. The fraction of sp³-hybridized carbons (Fsp3) is 0.353. The number of nitrogens with zero attached hydrogens (tertiary/aromatic N) is 1. The number of aryl methyl sites for hydroxylation is 1. The van der Waals surface area contributed by atoms with Gasteiger partial charge in [0, 0.05) is 34.8 Å². The lowest BCUT2D eigenvalue weighted by atomic mass is 9.74. The van der Waals surface area contributed by atoms with Gasteiger partial charge in [0.15, 0.2) is 5.78 Å². The van der Waals surface area contributed by atoms with Crippen LogP contribution in [-0.4, -0.2) is 66.1 Å². The van der Waals surface area contributed by atoms with Crippen LogP contribution in [0.3, 0.4) is 0 Å². The van der Waals surface area contributed by atoms with E-state index in [0.717, 1.165) is 11.1 Å². The van der Waals surface area contributed by atoms with Gasteiger partial charge in [0.2, 0.25) is 5.91 Å². The third kappa shape index (κ3) is 5.35. The Hall–Kier alpha value is -4.54. The van der Waals surface area contributed by atoms with Crippen LogP contribution in [0.25, 0.3) is 11.1 Å². The summed E-state index contributed by atoms with van der Waals surface area (Å²) in [6.07, 6.45) is 4.12. The number of hydrogen-bond acceptors (Lipinski definition) is 9. The van der Waals surface area contributed by atoms with Crippen LogP contribution in [-0.2, 0) is 35.3 Å². The molecule has 2 aromatic carbocycles. The fourth-order valence-electron chi connectivity index (χ4n) is 6.26. The lowest BCUT2D eigenvalue weighted by Gasteiger charge is -2.47. The monoisotopic (exact) mass is 601 g/mol. The smallest absolute Gasteiger partial charge is 0.355 e. The molecule has 5 rings (SSSR count). The second-order valence-electron chi connectivity index (χ2n) is 11.0. The lowest BCUT2D eigenvalue weighted by Crippen LogP contribution is -2.63. The first-order valence-electron chi connectivity index (χ1n) is 14.6. The van der Waals surface area contributed by atoms with Gasteiger partial charge in [-0.25, -0.2) is 9.59 Å². The van der Waals surface area contributed by atoms with Gasteiger partial charge in [-0.2, -0.15) is 4.89 Å². The number of carbonyl (C=O) groups is 4. The van der Waals surface area contributed by atoms with Crippen molar-refractivity contribution < 1.29 is 43.5 Å². The molecule has 10 heteroatoms. The van der Waals surface area contributed by atoms with Gasteiger partial charge in [-0.3, -0.25) is 14.5 Å². The van der Waals surface area contributed by atoms with Gasteiger partial charge in [-0.05, 0) is 36.1 Å². The first-order chi connectivity index (χ1) is 21.2. The van der Waals surface area contributed by atoms with Crippen molar-refractivity contribution in [2.45, 2.75) is 32.7 Å². The van der Waals surface area contributed by atoms with Crippen molar-refractivity contribution in [3.8, 4) is 16.9 Å². The summed E-state index contributed by atoms with van der Waals surface area (Å²) in [6, 6.07) is 10.5. The van der Waals surface area contributed by atoms with Gasteiger partial charge >= 0.3 is 11.9 Å². The van der Waals surface area contributed by atoms with Gasteiger partial charge in [0.25, 0.3) is 0 Å². The number of rotatable bonds is 14. The summed E-state index contributed by atoms with van der Waals surface area (Å²) in [7, 11) is 0. The van der Waals surface area contributed by atoms with Crippen LogP contribution in [0.2, 0.25) is 0 Å². The lowest BCUT2D eigenvalue weighted by molar-refractivity contribution is -0.271. The highest BCUT2D eigenvalue weighted by Gasteiger charge is 2.61. The van der Waals surface area contributed by atoms with Crippen LogP contribution >= 0.6 is 0 Å². The molecule has 2 aliphatic heterocycles. The molecule has 1 aliphatic carbocycles. The van der Waals surface area contributed by atoms with Crippen LogP contribution in [0, 0.1) is 17.8 Å². The number of ketones is 1. The summed E-state index contributed by atoms with van der Waals surface area (Å²) in [6.45, 7) is 10.5. The highest BCUT2D eigenvalue weighted by Crippen LogP contribution is 2.50. The molecule has 1 saturated heterocycles. The zero-order valence-corrected chi connectivity index (χ0v) is 24.7. The Balaban J connectivity index is 1.42. The maximum atomic E-state index is 13.4. The summed E-state index contributed by atoms with van der Waals surface area (Å²) in [5.74, 6) is -3.35. The number of fused-ring (bicyclic) bond motifs is 4. The zero-order valence-electron chi connectivity index (χ0n) is 24.7. The number of ether oxygens (including phenoxy) is 2. The van der Waals surface area contributed by atoms with Crippen molar-refractivity contribution >= 4 is 23.6 Å². The van der Waals surface area contributed by atoms with Gasteiger partial charge in [-0.1, -0.05) is 56.8 Å². The number of esters is 1. The van der Waals surface area contributed by atoms with E-state index in [1.807, 2.05) is 25.1 Å².